The molecule has 0 aliphatic carbocycles. The maximum atomic E-state index is 11.4. The molecule has 0 atom stereocenters. The third-order valence-corrected chi connectivity index (χ3v) is 1.77. The van der Waals surface area contributed by atoms with E-state index >= 15 is 0 Å². The van der Waals surface area contributed by atoms with E-state index in [0.29, 0.717) is 12.2 Å². The van der Waals surface area contributed by atoms with Gasteiger partial charge < -0.3 is 15.7 Å². The van der Waals surface area contributed by atoms with Crippen molar-refractivity contribution < 1.29 is 24.3 Å². The fourth-order valence-corrected chi connectivity index (χ4v) is 1.12. The quantitative estimate of drug-likeness (QED) is 0.519. The molecule has 0 aromatic carbocycles. The maximum Gasteiger partial charge on any atom is 0.328 e. The van der Waals surface area contributed by atoms with Crippen LogP contribution in [0.25, 0.3) is 0 Å². The number of carbonyl (C=O) groups excluding carboxylic acids is 3. The molecule has 20 heavy (non-hydrogen) atoms. The Morgan fingerprint density at radius 1 is 1.10 bits per heavy atom. The predicted octanol–water partition coefficient (Wildman–Crippen LogP) is -0.242. The maximum absolute atomic E-state index is 11.4. The smallest absolute Gasteiger partial charge is 0.328 e. The number of carboxylic acid groups (broad SMARTS) is 1. The topological polar surface area (TPSA) is 125 Å². The summed E-state index contributed by atoms with van der Waals surface area (Å²) in [5.41, 5.74) is -0.350. The molecule has 8 nitrogen and oxygen atoms in total. The number of rotatable bonds is 5. The average Bonchev–Trinajstić information content (AvgIpc) is 2.23. The van der Waals surface area contributed by atoms with E-state index in [-0.39, 0.29) is 24.4 Å². The van der Waals surface area contributed by atoms with Crippen LogP contribution in [0.3, 0.4) is 0 Å². The molecule has 0 fully saturated rings. The normalized spacial score (nSPS) is 10.9. The highest BCUT2D eigenvalue weighted by molar-refractivity contribution is 6.02. The number of carbonyl (C=O) groups is 4. The Labute approximate surface area is 116 Å². The van der Waals surface area contributed by atoms with Gasteiger partial charge in [-0.05, 0) is 20.8 Å². The lowest BCUT2D eigenvalue weighted by Gasteiger charge is -2.20. The summed E-state index contributed by atoms with van der Waals surface area (Å²) in [5.74, 6) is -2.38. The predicted molar refractivity (Wildman–Crippen MR) is 70.8 cm³/mol. The average molecular weight is 285 g/mol. The summed E-state index contributed by atoms with van der Waals surface area (Å²) in [6, 6.07) is -0.798. The van der Waals surface area contributed by atoms with Gasteiger partial charge in [0.1, 0.15) is 0 Å². The standard InChI is InChI=1S/C12H19N3O5/c1-12(2,3)15-9(17)6-7-13-11(20)14-8(16)4-5-10(18)19/h4-5H,6-7H2,1-3H3,(H,15,17)(H,18,19)(H2,13,14,16,20)/b5-4+. The molecule has 0 unspecified atom stereocenters. The van der Waals surface area contributed by atoms with Crippen molar-refractivity contribution in [2.24, 2.45) is 0 Å². The molecule has 0 saturated carbocycles. The van der Waals surface area contributed by atoms with Crippen LogP contribution in [0.15, 0.2) is 12.2 Å². The molecule has 0 spiro atoms. The Bertz CT molecular complexity index is 423. The van der Waals surface area contributed by atoms with Gasteiger partial charge in [-0.25, -0.2) is 9.59 Å². The number of nitrogens with one attached hydrogen (secondary N) is 3. The molecule has 8 heteroatoms. The van der Waals surface area contributed by atoms with Crippen molar-refractivity contribution in [3.05, 3.63) is 12.2 Å². The van der Waals surface area contributed by atoms with Gasteiger partial charge >= 0.3 is 12.0 Å². The van der Waals surface area contributed by atoms with E-state index in [2.05, 4.69) is 10.6 Å². The summed E-state index contributed by atoms with van der Waals surface area (Å²) in [6.45, 7) is 5.55. The molecule has 0 aromatic rings. The van der Waals surface area contributed by atoms with E-state index < -0.39 is 17.9 Å². The number of urea groups is 1. The van der Waals surface area contributed by atoms with Crippen LogP contribution in [-0.2, 0) is 14.4 Å². The summed E-state index contributed by atoms with van der Waals surface area (Å²) >= 11 is 0. The van der Waals surface area contributed by atoms with E-state index in [0.717, 1.165) is 0 Å². The minimum Gasteiger partial charge on any atom is -0.478 e. The first-order valence-corrected chi connectivity index (χ1v) is 5.91. The van der Waals surface area contributed by atoms with E-state index in [1.54, 1.807) is 0 Å². The lowest BCUT2D eigenvalue weighted by molar-refractivity contribution is -0.131. The molecule has 0 bridgehead atoms. The van der Waals surface area contributed by atoms with Crippen molar-refractivity contribution in [1.82, 2.24) is 16.0 Å². The highest BCUT2D eigenvalue weighted by atomic mass is 16.4. The Morgan fingerprint density at radius 3 is 2.20 bits per heavy atom. The highest BCUT2D eigenvalue weighted by Crippen LogP contribution is 1.98. The molecule has 0 saturated heterocycles. The minimum absolute atomic E-state index is 0.0592. The zero-order valence-corrected chi connectivity index (χ0v) is 11.6. The summed E-state index contributed by atoms with van der Waals surface area (Å²) < 4.78 is 0. The SMILES string of the molecule is CC(C)(C)NC(=O)CCNC(=O)NC(=O)/C=C/C(=O)O. The molecule has 4 N–H and O–H groups in total. The minimum atomic E-state index is -1.29. The van der Waals surface area contributed by atoms with Gasteiger partial charge in [0.2, 0.25) is 5.91 Å². The number of hydrogen-bond donors (Lipinski definition) is 4. The van der Waals surface area contributed by atoms with Crippen LogP contribution in [0.1, 0.15) is 27.2 Å². The van der Waals surface area contributed by atoms with Crippen LogP contribution >= 0.6 is 0 Å². The second-order valence-electron chi connectivity index (χ2n) is 4.96. The third kappa shape index (κ3) is 10.8. The lowest BCUT2D eigenvalue weighted by Crippen LogP contribution is -2.43. The molecule has 4 amide bonds. The highest BCUT2D eigenvalue weighted by Gasteiger charge is 2.13. The summed E-state index contributed by atoms with van der Waals surface area (Å²) in [7, 11) is 0. The number of hydrogen-bond acceptors (Lipinski definition) is 4. The van der Waals surface area contributed by atoms with Gasteiger partial charge in [0.25, 0.3) is 5.91 Å². The number of aliphatic carboxylic acids is 1. The van der Waals surface area contributed by atoms with Crippen LogP contribution in [0.4, 0.5) is 4.79 Å². The molecular weight excluding hydrogens is 266 g/mol. The van der Waals surface area contributed by atoms with Crippen LogP contribution in [0.5, 0.6) is 0 Å². The van der Waals surface area contributed by atoms with Crippen molar-refractivity contribution in [3.8, 4) is 0 Å². The lowest BCUT2D eigenvalue weighted by atomic mass is 10.1. The van der Waals surface area contributed by atoms with Crippen molar-refractivity contribution in [1.29, 1.82) is 0 Å². The van der Waals surface area contributed by atoms with Crippen LogP contribution < -0.4 is 16.0 Å². The van der Waals surface area contributed by atoms with Crippen molar-refractivity contribution in [3.63, 3.8) is 0 Å². The first kappa shape index (κ1) is 17.6. The number of amides is 4. The summed E-state index contributed by atoms with van der Waals surface area (Å²) in [5, 5.41) is 15.2. The summed E-state index contributed by atoms with van der Waals surface area (Å²) in [6.07, 6.45) is 1.40. The van der Waals surface area contributed by atoms with Gasteiger partial charge in [-0.1, -0.05) is 0 Å². The Balaban J connectivity index is 3.92. The second kappa shape index (κ2) is 7.93. The monoisotopic (exact) mass is 285 g/mol. The van der Waals surface area contributed by atoms with Crippen molar-refractivity contribution >= 4 is 23.8 Å². The van der Waals surface area contributed by atoms with E-state index in [1.807, 2.05) is 26.1 Å². The van der Waals surface area contributed by atoms with E-state index in [4.69, 9.17) is 5.11 Å². The molecule has 0 aliphatic rings. The molecular formula is C12H19N3O5. The van der Waals surface area contributed by atoms with Crippen LogP contribution in [-0.4, -0.2) is 41.0 Å². The number of imide groups is 1. The van der Waals surface area contributed by atoms with Gasteiger partial charge in [-0.15, -0.1) is 0 Å². The van der Waals surface area contributed by atoms with Gasteiger partial charge in [-0.2, -0.15) is 0 Å². The Hall–Kier alpha value is -2.38. The van der Waals surface area contributed by atoms with E-state index in [9.17, 15) is 19.2 Å². The largest absolute Gasteiger partial charge is 0.478 e. The van der Waals surface area contributed by atoms with Crippen molar-refractivity contribution in [2.75, 3.05) is 6.54 Å². The summed E-state index contributed by atoms with van der Waals surface area (Å²) in [4.78, 5) is 43.8. The van der Waals surface area contributed by atoms with Gasteiger partial charge in [0, 0.05) is 30.7 Å². The fraction of sp³-hybridized carbons (Fsp3) is 0.500. The van der Waals surface area contributed by atoms with Gasteiger partial charge in [0.05, 0.1) is 0 Å². The molecule has 0 aliphatic heterocycles. The van der Waals surface area contributed by atoms with E-state index in [1.165, 1.54) is 0 Å². The molecule has 0 radical (unpaired) electrons. The Kier molecular flexibility index (Phi) is 6.98. The first-order valence-electron chi connectivity index (χ1n) is 5.91. The molecule has 0 heterocycles. The van der Waals surface area contributed by atoms with Crippen LogP contribution in [0.2, 0.25) is 0 Å². The molecule has 0 aromatic heterocycles. The zero-order valence-electron chi connectivity index (χ0n) is 11.6. The number of carboxylic acids is 1. The Morgan fingerprint density at radius 2 is 1.70 bits per heavy atom. The fourth-order valence-electron chi connectivity index (χ4n) is 1.12. The molecule has 0 rings (SSSR count). The van der Waals surface area contributed by atoms with Crippen LogP contribution in [0, 0.1) is 0 Å². The third-order valence-electron chi connectivity index (χ3n) is 1.77. The molecule has 112 valence electrons. The van der Waals surface area contributed by atoms with Gasteiger partial charge in [-0.3, -0.25) is 14.9 Å². The second-order valence-corrected chi connectivity index (χ2v) is 4.96. The van der Waals surface area contributed by atoms with Crippen molar-refractivity contribution in [2.45, 2.75) is 32.7 Å². The zero-order chi connectivity index (χ0) is 15.8. The first-order chi connectivity index (χ1) is 9.10. The van der Waals surface area contributed by atoms with Gasteiger partial charge in [0.15, 0.2) is 0 Å².